The van der Waals surface area contributed by atoms with Gasteiger partial charge in [-0.1, -0.05) is 60.1 Å². The normalized spacial score (nSPS) is 12.3. The van der Waals surface area contributed by atoms with Crippen LogP contribution in [0.25, 0.3) is 6.08 Å². The van der Waals surface area contributed by atoms with Crippen molar-refractivity contribution < 1.29 is 19.5 Å². The first-order valence-electron chi connectivity index (χ1n) is 9.13. The number of carboxylic acids is 1. The first-order valence-corrected chi connectivity index (χ1v) is 9.93. The van der Waals surface area contributed by atoms with Crippen molar-refractivity contribution >= 4 is 39.8 Å². The lowest BCUT2D eigenvalue weighted by Crippen LogP contribution is -2.45. The van der Waals surface area contributed by atoms with Gasteiger partial charge >= 0.3 is 5.97 Å². The summed E-state index contributed by atoms with van der Waals surface area (Å²) in [6, 6.07) is 14.6. The molecule has 0 fully saturated rings. The number of carboxylic acid groups (broad SMARTS) is 1. The molecule has 1 atom stereocenters. The van der Waals surface area contributed by atoms with Gasteiger partial charge in [-0.05, 0) is 48.2 Å². The fourth-order valence-corrected chi connectivity index (χ4v) is 2.86. The minimum atomic E-state index is -1.12. The summed E-state index contributed by atoms with van der Waals surface area (Å²) in [4.78, 5) is 36.9. The third kappa shape index (κ3) is 7.19. The highest BCUT2D eigenvalue weighted by atomic mass is 79.9. The molecule has 7 heteroatoms. The lowest BCUT2D eigenvalue weighted by Gasteiger charge is -2.18. The molecule has 0 saturated heterocycles. The maximum atomic E-state index is 12.8. The number of amides is 2. The van der Waals surface area contributed by atoms with Gasteiger partial charge in [-0.15, -0.1) is 0 Å². The van der Waals surface area contributed by atoms with Crippen LogP contribution in [0.4, 0.5) is 0 Å². The number of hydrogen-bond donors (Lipinski definition) is 3. The molecule has 3 N–H and O–H groups in total. The summed E-state index contributed by atoms with van der Waals surface area (Å²) in [7, 11) is 0. The Morgan fingerprint density at radius 2 is 1.66 bits per heavy atom. The Kier molecular flexibility index (Phi) is 8.15. The van der Waals surface area contributed by atoms with E-state index in [-0.39, 0.29) is 18.0 Å². The monoisotopic (exact) mass is 458 g/mol. The van der Waals surface area contributed by atoms with Gasteiger partial charge < -0.3 is 15.7 Å². The molecule has 0 aromatic heterocycles. The minimum Gasteiger partial charge on any atom is -0.480 e. The van der Waals surface area contributed by atoms with Gasteiger partial charge in [0.15, 0.2) is 0 Å². The van der Waals surface area contributed by atoms with E-state index < -0.39 is 23.8 Å². The number of aliphatic carboxylic acids is 1. The second kappa shape index (κ2) is 10.6. The molecule has 29 heavy (non-hydrogen) atoms. The Bertz CT molecular complexity index is 893. The summed E-state index contributed by atoms with van der Waals surface area (Å²) in [6.07, 6.45) is 1.79. The quantitative estimate of drug-likeness (QED) is 0.523. The SMILES string of the molecule is CC(C)C[C@@H](NC(=O)/C(=C/c1ccccc1)NC(=O)c1ccc(Br)cc1)C(=O)O. The fourth-order valence-electron chi connectivity index (χ4n) is 2.60. The summed E-state index contributed by atoms with van der Waals surface area (Å²) in [6.45, 7) is 3.75. The maximum Gasteiger partial charge on any atom is 0.326 e. The van der Waals surface area contributed by atoms with Crippen LogP contribution in [-0.2, 0) is 9.59 Å². The summed E-state index contributed by atoms with van der Waals surface area (Å²) >= 11 is 3.31. The molecule has 0 spiro atoms. The molecule has 0 heterocycles. The van der Waals surface area contributed by atoms with Crippen LogP contribution in [0.1, 0.15) is 36.2 Å². The van der Waals surface area contributed by atoms with Gasteiger partial charge in [0.25, 0.3) is 11.8 Å². The second-order valence-corrected chi connectivity index (χ2v) is 7.84. The van der Waals surface area contributed by atoms with Crippen LogP contribution in [0.3, 0.4) is 0 Å². The van der Waals surface area contributed by atoms with E-state index in [2.05, 4.69) is 26.6 Å². The highest BCUT2D eigenvalue weighted by molar-refractivity contribution is 9.10. The standard InChI is InChI=1S/C22H23BrN2O4/c1-14(2)12-19(22(28)29)25-21(27)18(13-15-6-4-3-5-7-15)24-20(26)16-8-10-17(23)11-9-16/h3-11,13-14,19H,12H2,1-2H3,(H,24,26)(H,25,27)(H,28,29)/b18-13-/t19-/m1/s1. The number of carbonyl (C=O) groups is 3. The Morgan fingerprint density at radius 3 is 2.21 bits per heavy atom. The molecule has 152 valence electrons. The molecule has 0 aliphatic heterocycles. The second-order valence-electron chi connectivity index (χ2n) is 6.92. The summed E-state index contributed by atoms with van der Waals surface area (Å²) in [5.41, 5.74) is 1.04. The highest BCUT2D eigenvalue weighted by Crippen LogP contribution is 2.12. The first-order chi connectivity index (χ1) is 13.8. The van der Waals surface area contributed by atoms with Crippen molar-refractivity contribution in [2.24, 2.45) is 5.92 Å². The van der Waals surface area contributed by atoms with Crippen molar-refractivity contribution in [2.45, 2.75) is 26.3 Å². The molecular weight excluding hydrogens is 436 g/mol. The molecule has 0 aliphatic carbocycles. The van der Waals surface area contributed by atoms with Crippen molar-refractivity contribution in [1.82, 2.24) is 10.6 Å². The van der Waals surface area contributed by atoms with E-state index >= 15 is 0 Å². The van der Waals surface area contributed by atoms with Crippen LogP contribution in [-0.4, -0.2) is 28.9 Å². The summed E-state index contributed by atoms with van der Waals surface area (Å²) < 4.78 is 0.824. The molecule has 0 saturated carbocycles. The molecule has 0 radical (unpaired) electrons. The molecule has 2 amide bonds. The van der Waals surface area contributed by atoms with Crippen LogP contribution in [0.5, 0.6) is 0 Å². The number of rotatable bonds is 8. The Balaban J connectivity index is 2.28. The number of halogens is 1. The van der Waals surface area contributed by atoms with Gasteiger partial charge in [-0.25, -0.2) is 4.79 Å². The number of hydrogen-bond acceptors (Lipinski definition) is 3. The average Bonchev–Trinajstić information content (AvgIpc) is 2.67. The minimum absolute atomic E-state index is 0.0286. The maximum absolute atomic E-state index is 12.8. The van der Waals surface area contributed by atoms with E-state index in [1.54, 1.807) is 48.5 Å². The molecule has 0 aliphatic rings. The molecule has 0 bridgehead atoms. The highest BCUT2D eigenvalue weighted by Gasteiger charge is 2.24. The van der Waals surface area contributed by atoms with E-state index in [0.717, 1.165) is 4.47 Å². The average molecular weight is 459 g/mol. The van der Waals surface area contributed by atoms with Gasteiger partial charge in [0.05, 0.1) is 0 Å². The molecule has 2 aromatic rings. The lowest BCUT2D eigenvalue weighted by atomic mass is 10.0. The van der Waals surface area contributed by atoms with E-state index in [1.165, 1.54) is 6.08 Å². The summed E-state index contributed by atoms with van der Waals surface area (Å²) in [5.74, 6) is -2.17. The van der Waals surface area contributed by atoms with E-state index in [9.17, 15) is 19.5 Å². The first kappa shape index (κ1) is 22.4. The number of benzene rings is 2. The largest absolute Gasteiger partial charge is 0.480 e. The van der Waals surface area contributed by atoms with Crippen LogP contribution in [0.2, 0.25) is 0 Å². The van der Waals surface area contributed by atoms with Gasteiger partial charge in [0.2, 0.25) is 0 Å². The van der Waals surface area contributed by atoms with Crippen LogP contribution < -0.4 is 10.6 Å². The third-order valence-electron chi connectivity index (χ3n) is 4.02. The predicted molar refractivity (Wildman–Crippen MR) is 115 cm³/mol. The zero-order valence-electron chi connectivity index (χ0n) is 16.2. The van der Waals surface area contributed by atoms with Crippen molar-refractivity contribution in [3.05, 3.63) is 75.9 Å². The smallest absolute Gasteiger partial charge is 0.326 e. The molecule has 2 rings (SSSR count). The Hall–Kier alpha value is -2.93. The lowest BCUT2D eigenvalue weighted by molar-refractivity contribution is -0.141. The Labute approximate surface area is 178 Å². The molecule has 2 aromatic carbocycles. The van der Waals surface area contributed by atoms with Gasteiger partial charge in [-0.3, -0.25) is 9.59 Å². The third-order valence-corrected chi connectivity index (χ3v) is 4.55. The molecule has 0 unspecified atom stereocenters. The van der Waals surface area contributed by atoms with Crippen LogP contribution >= 0.6 is 15.9 Å². The van der Waals surface area contributed by atoms with Crippen molar-refractivity contribution in [1.29, 1.82) is 0 Å². The van der Waals surface area contributed by atoms with E-state index in [1.807, 2.05) is 19.9 Å². The van der Waals surface area contributed by atoms with Crippen molar-refractivity contribution in [3.63, 3.8) is 0 Å². The topological polar surface area (TPSA) is 95.5 Å². The summed E-state index contributed by atoms with van der Waals surface area (Å²) in [5, 5.41) is 14.5. The predicted octanol–water partition coefficient (Wildman–Crippen LogP) is 3.84. The zero-order valence-corrected chi connectivity index (χ0v) is 17.8. The zero-order chi connectivity index (χ0) is 21.4. The molecular formula is C22H23BrN2O4. The molecule has 6 nitrogen and oxygen atoms in total. The van der Waals surface area contributed by atoms with Crippen LogP contribution in [0.15, 0.2) is 64.8 Å². The van der Waals surface area contributed by atoms with Gasteiger partial charge in [0, 0.05) is 10.0 Å². The van der Waals surface area contributed by atoms with Gasteiger partial charge in [0.1, 0.15) is 11.7 Å². The number of carbonyl (C=O) groups excluding carboxylic acids is 2. The van der Waals surface area contributed by atoms with E-state index in [4.69, 9.17) is 0 Å². The number of nitrogens with one attached hydrogen (secondary N) is 2. The van der Waals surface area contributed by atoms with Crippen molar-refractivity contribution in [3.8, 4) is 0 Å². The van der Waals surface area contributed by atoms with E-state index in [0.29, 0.717) is 11.1 Å². The fraction of sp³-hybridized carbons (Fsp3) is 0.227. The van der Waals surface area contributed by atoms with Crippen LogP contribution in [0, 0.1) is 5.92 Å². The van der Waals surface area contributed by atoms with Gasteiger partial charge in [-0.2, -0.15) is 0 Å². The Morgan fingerprint density at radius 1 is 1.03 bits per heavy atom. The van der Waals surface area contributed by atoms with Crippen molar-refractivity contribution in [2.75, 3.05) is 0 Å².